The predicted molar refractivity (Wildman–Crippen MR) is 85.1 cm³/mol. The van der Waals surface area contributed by atoms with E-state index in [0.29, 0.717) is 16.2 Å². The van der Waals surface area contributed by atoms with E-state index in [2.05, 4.69) is 20.0 Å². The topological polar surface area (TPSA) is 116 Å². The zero-order valence-electron chi connectivity index (χ0n) is 12.7. The van der Waals surface area contributed by atoms with Crippen molar-refractivity contribution in [2.24, 2.45) is 0 Å². The zero-order valence-corrected chi connectivity index (χ0v) is 13.5. The number of carbonyl (C=O) groups excluding carboxylic acids is 2. The third-order valence-electron chi connectivity index (χ3n) is 3.14. The molecule has 3 aromatic rings. The second kappa shape index (κ2) is 6.24. The Morgan fingerprint density at radius 3 is 3.00 bits per heavy atom. The van der Waals surface area contributed by atoms with E-state index in [0.717, 1.165) is 15.9 Å². The molecule has 9 nitrogen and oxygen atoms in total. The quantitative estimate of drug-likeness (QED) is 0.704. The highest BCUT2D eigenvalue weighted by Gasteiger charge is 2.18. The van der Waals surface area contributed by atoms with Crippen molar-refractivity contribution in [3.63, 3.8) is 0 Å². The zero-order chi connectivity index (χ0) is 17.3. The van der Waals surface area contributed by atoms with Gasteiger partial charge in [0.2, 0.25) is 5.91 Å². The number of rotatable bonds is 4. The number of hydrogen-bond donors (Lipinski definition) is 1. The maximum atomic E-state index is 12.1. The molecule has 124 valence electrons. The number of amides is 1. The van der Waals surface area contributed by atoms with Crippen LogP contribution >= 0.6 is 11.3 Å². The molecule has 24 heavy (non-hydrogen) atoms. The number of esters is 1. The second-order valence-corrected chi connectivity index (χ2v) is 5.75. The lowest BCUT2D eigenvalue weighted by Gasteiger charge is -2.01. The summed E-state index contributed by atoms with van der Waals surface area (Å²) >= 11 is 0.997. The fourth-order valence-electron chi connectivity index (χ4n) is 2.07. The molecule has 0 fully saturated rings. The molecular formula is C14H12N4O5S. The minimum Gasteiger partial charge on any atom is -0.465 e. The van der Waals surface area contributed by atoms with Gasteiger partial charge in [-0.3, -0.25) is 4.79 Å². The molecule has 0 spiro atoms. The standard InChI is InChI=1S/C14H12N4O5S/c1-7-10(12(20)22-2)24-13(16-7)17-9(19)6-18-11-8(23-14(18)21)4-3-5-15-11/h3-5H,6H2,1-2H3,(H,16,17,19). The SMILES string of the molecule is COC(=O)c1sc(NC(=O)Cn2c(=O)oc3cccnc32)nc1C. The van der Waals surface area contributed by atoms with Crippen molar-refractivity contribution in [3.05, 3.63) is 39.5 Å². The Hall–Kier alpha value is -3.01. The lowest BCUT2D eigenvalue weighted by molar-refractivity contribution is -0.116. The van der Waals surface area contributed by atoms with Crippen molar-refractivity contribution in [1.82, 2.24) is 14.5 Å². The number of oxazole rings is 1. The van der Waals surface area contributed by atoms with Crippen LogP contribution in [0, 0.1) is 6.92 Å². The molecule has 0 saturated carbocycles. The maximum Gasteiger partial charge on any atom is 0.421 e. The summed E-state index contributed by atoms with van der Waals surface area (Å²) < 4.78 is 10.8. The van der Waals surface area contributed by atoms with E-state index in [1.165, 1.54) is 13.3 Å². The van der Waals surface area contributed by atoms with Gasteiger partial charge in [0, 0.05) is 6.20 Å². The Morgan fingerprint density at radius 1 is 1.46 bits per heavy atom. The molecule has 0 radical (unpaired) electrons. The molecule has 0 aromatic carbocycles. The monoisotopic (exact) mass is 348 g/mol. The van der Waals surface area contributed by atoms with Gasteiger partial charge in [-0.15, -0.1) is 0 Å². The number of methoxy groups -OCH3 is 1. The summed E-state index contributed by atoms with van der Waals surface area (Å²) in [6.45, 7) is 1.35. The Bertz CT molecular complexity index is 987. The number of anilines is 1. The highest BCUT2D eigenvalue weighted by molar-refractivity contribution is 7.17. The Balaban J connectivity index is 1.80. The summed E-state index contributed by atoms with van der Waals surface area (Å²) in [5.74, 6) is -1.69. The minimum absolute atomic E-state index is 0.242. The number of aryl methyl sites for hydroxylation is 1. The van der Waals surface area contributed by atoms with Crippen LogP contribution < -0.4 is 11.1 Å². The molecule has 3 aromatic heterocycles. The van der Waals surface area contributed by atoms with E-state index in [1.54, 1.807) is 19.1 Å². The number of carbonyl (C=O) groups is 2. The van der Waals surface area contributed by atoms with Crippen molar-refractivity contribution >= 4 is 39.6 Å². The van der Waals surface area contributed by atoms with Gasteiger partial charge < -0.3 is 14.5 Å². The first-order valence-electron chi connectivity index (χ1n) is 6.79. The molecule has 0 aliphatic rings. The van der Waals surface area contributed by atoms with Crippen LogP contribution in [-0.4, -0.2) is 33.5 Å². The lowest BCUT2D eigenvalue weighted by Crippen LogP contribution is -2.25. The molecule has 0 atom stereocenters. The van der Waals surface area contributed by atoms with Gasteiger partial charge in [0.15, 0.2) is 16.4 Å². The van der Waals surface area contributed by atoms with Gasteiger partial charge in [0.1, 0.15) is 11.4 Å². The van der Waals surface area contributed by atoms with E-state index in [1.807, 2.05) is 0 Å². The number of thiazole rings is 1. The van der Waals surface area contributed by atoms with E-state index < -0.39 is 17.6 Å². The summed E-state index contributed by atoms with van der Waals surface area (Å²) in [5, 5.41) is 2.79. The van der Waals surface area contributed by atoms with Gasteiger partial charge in [-0.1, -0.05) is 11.3 Å². The van der Waals surface area contributed by atoms with Gasteiger partial charge in [0.05, 0.1) is 12.8 Å². The number of ether oxygens (including phenoxy) is 1. The summed E-state index contributed by atoms with van der Waals surface area (Å²) in [7, 11) is 1.27. The predicted octanol–water partition coefficient (Wildman–Crippen LogP) is 1.18. The largest absolute Gasteiger partial charge is 0.465 e. The normalized spacial score (nSPS) is 10.8. The average Bonchev–Trinajstić information content (AvgIpc) is 3.07. The Kier molecular flexibility index (Phi) is 4.13. The van der Waals surface area contributed by atoms with Crippen LogP contribution in [-0.2, 0) is 16.1 Å². The van der Waals surface area contributed by atoms with E-state index >= 15 is 0 Å². The minimum atomic E-state index is -0.676. The number of fused-ring (bicyclic) bond motifs is 1. The highest BCUT2D eigenvalue weighted by atomic mass is 32.1. The molecule has 3 heterocycles. The van der Waals surface area contributed by atoms with Crippen LogP contribution in [0.15, 0.2) is 27.5 Å². The molecule has 1 amide bonds. The van der Waals surface area contributed by atoms with Crippen molar-refractivity contribution < 1.29 is 18.7 Å². The van der Waals surface area contributed by atoms with Crippen molar-refractivity contribution in [3.8, 4) is 0 Å². The smallest absolute Gasteiger partial charge is 0.421 e. The lowest BCUT2D eigenvalue weighted by atomic mass is 10.4. The van der Waals surface area contributed by atoms with E-state index in [4.69, 9.17) is 4.42 Å². The second-order valence-electron chi connectivity index (χ2n) is 4.75. The first-order valence-corrected chi connectivity index (χ1v) is 7.61. The molecule has 10 heteroatoms. The van der Waals surface area contributed by atoms with Crippen molar-refractivity contribution in [1.29, 1.82) is 0 Å². The van der Waals surface area contributed by atoms with E-state index in [-0.39, 0.29) is 17.3 Å². The molecule has 3 rings (SSSR count). The number of nitrogens with zero attached hydrogens (tertiary/aromatic N) is 3. The van der Waals surface area contributed by atoms with Gasteiger partial charge in [-0.2, -0.15) is 0 Å². The van der Waals surface area contributed by atoms with Crippen LogP contribution in [0.1, 0.15) is 15.4 Å². The van der Waals surface area contributed by atoms with E-state index in [9.17, 15) is 14.4 Å². The van der Waals surface area contributed by atoms with Crippen molar-refractivity contribution in [2.75, 3.05) is 12.4 Å². The van der Waals surface area contributed by atoms with Crippen LogP contribution in [0.2, 0.25) is 0 Å². The Morgan fingerprint density at radius 2 is 2.25 bits per heavy atom. The van der Waals surface area contributed by atoms with Crippen LogP contribution in [0.4, 0.5) is 5.13 Å². The molecule has 0 aliphatic carbocycles. The van der Waals surface area contributed by atoms with Gasteiger partial charge >= 0.3 is 11.7 Å². The molecule has 1 N–H and O–H groups in total. The number of pyridine rings is 1. The highest BCUT2D eigenvalue weighted by Crippen LogP contribution is 2.23. The average molecular weight is 348 g/mol. The van der Waals surface area contributed by atoms with Crippen LogP contribution in [0.25, 0.3) is 11.2 Å². The molecule has 0 bridgehead atoms. The van der Waals surface area contributed by atoms with Gasteiger partial charge in [0.25, 0.3) is 0 Å². The maximum absolute atomic E-state index is 12.1. The molecule has 0 saturated heterocycles. The molecule has 0 aliphatic heterocycles. The van der Waals surface area contributed by atoms with Crippen molar-refractivity contribution in [2.45, 2.75) is 13.5 Å². The fraction of sp³-hybridized carbons (Fsp3) is 0.214. The first-order chi connectivity index (χ1) is 11.5. The Labute approximate surface area is 138 Å². The number of nitrogens with one attached hydrogen (secondary N) is 1. The first kappa shape index (κ1) is 15.9. The molecular weight excluding hydrogens is 336 g/mol. The fourth-order valence-corrected chi connectivity index (χ4v) is 2.97. The third kappa shape index (κ3) is 2.91. The summed E-state index contributed by atoms with van der Waals surface area (Å²) in [4.78, 5) is 43.9. The van der Waals surface area contributed by atoms with Crippen LogP contribution in [0.5, 0.6) is 0 Å². The summed E-state index contributed by atoms with van der Waals surface area (Å²) in [5.41, 5.74) is 1.03. The van der Waals surface area contributed by atoms with Gasteiger partial charge in [-0.05, 0) is 19.1 Å². The van der Waals surface area contributed by atoms with Gasteiger partial charge in [-0.25, -0.2) is 24.1 Å². The third-order valence-corrected chi connectivity index (χ3v) is 4.19. The molecule has 0 unspecified atom stereocenters. The number of hydrogen-bond acceptors (Lipinski definition) is 8. The summed E-state index contributed by atoms with van der Waals surface area (Å²) in [6.07, 6.45) is 1.50. The van der Waals surface area contributed by atoms with Crippen LogP contribution in [0.3, 0.4) is 0 Å². The number of aromatic nitrogens is 3. The summed E-state index contributed by atoms with van der Waals surface area (Å²) in [6, 6.07) is 3.22.